The third-order valence-electron chi connectivity index (χ3n) is 5.63. The molecule has 0 bridgehead atoms. The molecule has 0 aliphatic carbocycles. The van der Waals surface area contributed by atoms with Gasteiger partial charge in [-0.15, -0.1) is 0 Å². The number of hydrogen-bond donors (Lipinski definition) is 1. The van der Waals surface area contributed by atoms with Crippen LogP contribution >= 0.6 is 0 Å². The average Bonchev–Trinajstić information content (AvgIpc) is 2.60. The Morgan fingerprint density at radius 3 is 2.58 bits per heavy atom. The van der Waals surface area contributed by atoms with Crippen LogP contribution in [0, 0.1) is 30.9 Å². The molecule has 5 heteroatoms. The number of nitrogens with zero attached hydrogens (tertiary/aromatic N) is 1. The number of allylic oxidation sites excluding steroid dienone is 1. The van der Waals surface area contributed by atoms with E-state index in [4.69, 9.17) is 4.74 Å². The summed E-state index contributed by atoms with van der Waals surface area (Å²) in [6.45, 7) is 9.89. The number of phenols is 1. The summed E-state index contributed by atoms with van der Waals surface area (Å²) >= 11 is 0. The van der Waals surface area contributed by atoms with Gasteiger partial charge in [-0.2, -0.15) is 0 Å². The standard InChI is InChI=1S/C21H31NO4/c1-6-7-8-9-17(22(24)25)10-12-21(5)13-11-18-16(4)19(23)14(2)15(3)20(18)26-21/h10,23H,6-9,11-13H2,1-5H3. The van der Waals surface area contributed by atoms with Crippen molar-refractivity contribution in [3.05, 3.63) is 44.1 Å². The first-order chi connectivity index (χ1) is 12.2. The molecule has 0 aromatic heterocycles. The fourth-order valence-corrected chi connectivity index (χ4v) is 3.60. The second kappa shape index (κ2) is 8.11. The minimum absolute atomic E-state index is 0.257. The van der Waals surface area contributed by atoms with E-state index in [1.165, 1.54) is 0 Å². The maximum atomic E-state index is 11.3. The highest BCUT2D eigenvalue weighted by molar-refractivity contribution is 5.58. The lowest BCUT2D eigenvalue weighted by atomic mass is 9.85. The molecule has 0 saturated heterocycles. The molecule has 5 nitrogen and oxygen atoms in total. The fraction of sp³-hybridized carbons (Fsp3) is 0.619. The monoisotopic (exact) mass is 361 g/mol. The van der Waals surface area contributed by atoms with Crippen molar-refractivity contribution in [2.45, 2.75) is 85.2 Å². The SMILES string of the molecule is CCCCCC(=CCC1(C)CCc2c(C)c(O)c(C)c(C)c2O1)[N+](=O)[O-]. The van der Waals surface area contributed by atoms with E-state index in [0.717, 1.165) is 60.1 Å². The maximum absolute atomic E-state index is 11.3. The summed E-state index contributed by atoms with van der Waals surface area (Å²) < 4.78 is 6.34. The largest absolute Gasteiger partial charge is 0.507 e. The number of unbranched alkanes of at least 4 members (excludes halogenated alkanes) is 2. The zero-order valence-electron chi connectivity index (χ0n) is 16.6. The Kier molecular flexibility index (Phi) is 6.32. The number of hydrogen-bond acceptors (Lipinski definition) is 4. The van der Waals surface area contributed by atoms with Crippen molar-refractivity contribution < 1.29 is 14.8 Å². The van der Waals surface area contributed by atoms with Gasteiger partial charge in [0, 0.05) is 18.4 Å². The van der Waals surface area contributed by atoms with E-state index in [1.807, 2.05) is 27.7 Å². The van der Waals surface area contributed by atoms with Crippen LogP contribution in [0.2, 0.25) is 0 Å². The Labute approximate surface area is 156 Å². The Bertz CT molecular complexity index is 723. The van der Waals surface area contributed by atoms with Gasteiger partial charge in [0.1, 0.15) is 17.1 Å². The van der Waals surface area contributed by atoms with Gasteiger partial charge in [0.05, 0.1) is 4.92 Å². The molecule has 144 valence electrons. The average molecular weight is 361 g/mol. The van der Waals surface area contributed by atoms with Crippen LogP contribution < -0.4 is 4.74 Å². The van der Waals surface area contributed by atoms with E-state index in [1.54, 1.807) is 6.08 Å². The zero-order chi connectivity index (χ0) is 19.5. The topological polar surface area (TPSA) is 72.6 Å². The van der Waals surface area contributed by atoms with Crippen LogP contribution in [-0.4, -0.2) is 15.6 Å². The molecule has 1 atom stereocenters. The molecule has 1 unspecified atom stereocenters. The van der Waals surface area contributed by atoms with Crippen LogP contribution in [0.25, 0.3) is 0 Å². The van der Waals surface area contributed by atoms with Gasteiger partial charge >= 0.3 is 0 Å². The summed E-state index contributed by atoms with van der Waals surface area (Å²) in [6, 6.07) is 0. The minimum Gasteiger partial charge on any atom is -0.507 e. The molecule has 0 radical (unpaired) electrons. The van der Waals surface area contributed by atoms with Crippen LogP contribution in [0.1, 0.15) is 74.6 Å². The van der Waals surface area contributed by atoms with Crippen molar-refractivity contribution in [2.24, 2.45) is 0 Å². The van der Waals surface area contributed by atoms with Gasteiger partial charge in [-0.05, 0) is 69.7 Å². The lowest BCUT2D eigenvalue weighted by Gasteiger charge is -2.37. The van der Waals surface area contributed by atoms with Crippen molar-refractivity contribution in [2.75, 3.05) is 0 Å². The predicted octanol–water partition coefficient (Wildman–Crippen LogP) is 5.53. The second-order valence-corrected chi connectivity index (χ2v) is 7.70. The molecule has 0 amide bonds. The summed E-state index contributed by atoms with van der Waals surface area (Å²) in [5.41, 5.74) is 3.57. The van der Waals surface area contributed by atoms with Crippen molar-refractivity contribution in [1.82, 2.24) is 0 Å². The molecule has 26 heavy (non-hydrogen) atoms. The Hall–Kier alpha value is -2.04. The van der Waals surface area contributed by atoms with Crippen molar-refractivity contribution in [1.29, 1.82) is 0 Å². The molecule has 1 aliphatic heterocycles. The molecule has 0 fully saturated rings. The molecular formula is C21H31NO4. The van der Waals surface area contributed by atoms with Crippen LogP contribution in [0.5, 0.6) is 11.5 Å². The molecule has 1 heterocycles. The number of benzene rings is 1. The fourth-order valence-electron chi connectivity index (χ4n) is 3.60. The number of rotatable bonds is 7. The molecule has 2 rings (SSSR count). The first-order valence-corrected chi connectivity index (χ1v) is 9.54. The van der Waals surface area contributed by atoms with E-state index in [-0.39, 0.29) is 4.92 Å². The van der Waals surface area contributed by atoms with Crippen molar-refractivity contribution in [3.8, 4) is 11.5 Å². The highest BCUT2D eigenvalue weighted by Gasteiger charge is 2.34. The number of fused-ring (bicyclic) bond motifs is 1. The predicted molar refractivity (Wildman–Crippen MR) is 104 cm³/mol. The van der Waals surface area contributed by atoms with Crippen LogP contribution in [-0.2, 0) is 6.42 Å². The van der Waals surface area contributed by atoms with E-state index in [0.29, 0.717) is 24.3 Å². The van der Waals surface area contributed by atoms with Gasteiger partial charge in [-0.25, -0.2) is 0 Å². The van der Waals surface area contributed by atoms with Gasteiger partial charge in [-0.1, -0.05) is 19.8 Å². The van der Waals surface area contributed by atoms with Crippen molar-refractivity contribution in [3.63, 3.8) is 0 Å². The molecule has 0 saturated carbocycles. The van der Waals surface area contributed by atoms with E-state index in [2.05, 4.69) is 6.92 Å². The van der Waals surface area contributed by atoms with Gasteiger partial charge in [0.2, 0.25) is 5.70 Å². The quantitative estimate of drug-likeness (QED) is 0.393. The highest BCUT2D eigenvalue weighted by Crippen LogP contribution is 2.44. The van der Waals surface area contributed by atoms with E-state index < -0.39 is 5.60 Å². The molecule has 0 spiro atoms. The normalized spacial score (nSPS) is 19.8. The van der Waals surface area contributed by atoms with Gasteiger partial charge in [0.15, 0.2) is 0 Å². The van der Waals surface area contributed by atoms with Gasteiger partial charge < -0.3 is 9.84 Å². The number of ether oxygens (including phenoxy) is 1. The highest BCUT2D eigenvalue weighted by atomic mass is 16.6. The second-order valence-electron chi connectivity index (χ2n) is 7.70. The van der Waals surface area contributed by atoms with Gasteiger partial charge in [-0.3, -0.25) is 10.1 Å². The van der Waals surface area contributed by atoms with Crippen molar-refractivity contribution >= 4 is 0 Å². The zero-order valence-corrected chi connectivity index (χ0v) is 16.6. The lowest BCUT2D eigenvalue weighted by Crippen LogP contribution is -2.36. The third-order valence-corrected chi connectivity index (χ3v) is 5.63. The number of aromatic hydroxyl groups is 1. The Balaban J connectivity index is 2.22. The first kappa shape index (κ1) is 20.3. The van der Waals surface area contributed by atoms with E-state index in [9.17, 15) is 15.2 Å². The van der Waals surface area contributed by atoms with Crippen LogP contribution in [0.4, 0.5) is 0 Å². The summed E-state index contributed by atoms with van der Waals surface area (Å²) in [4.78, 5) is 11.1. The molecule has 1 aromatic rings. The maximum Gasteiger partial charge on any atom is 0.242 e. The summed E-state index contributed by atoms with van der Waals surface area (Å²) in [5.74, 6) is 1.19. The summed E-state index contributed by atoms with van der Waals surface area (Å²) in [7, 11) is 0. The molecule has 1 aliphatic rings. The smallest absolute Gasteiger partial charge is 0.242 e. The molecular weight excluding hydrogens is 330 g/mol. The van der Waals surface area contributed by atoms with Gasteiger partial charge in [0.25, 0.3) is 0 Å². The summed E-state index contributed by atoms with van der Waals surface area (Å²) in [6.07, 6.45) is 7.27. The number of nitro groups is 1. The van der Waals surface area contributed by atoms with E-state index >= 15 is 0 Å². The van der Waals surface area contributed by atoms with Crippen LogP contribution in [0.3, 0.4) is 0 Å². The first-order valence-electron chi connectivity index (χ1n) is 9.54. The Morgan fingerprint density at radius 1 is 1.27 bits per heavy atom. The number of phenolic OH excluding ortho intramolecular Hbond substituents is 1. The Morgan fingerprint density at radius 2 is 1.96 bits per heavy atom. The third kappa shape index (κ3) is 4.19. The molecule has 1 aromatic carbocycles. The molecule has 1 N–H and O–H groups in total. The summed E-state index contributed by atoms with van der Waals surface area (Å²) in [5, 5.41) is 21.6. The van der Waals surface area contributed by atoms with Crippen LogP contribution in [0.15, 0.2) is 11.8 Å². The lowest BCUT2D eigenvalue weighted by molar-refractivity contribution is -0.428. The minimum atomic E-state index is -0.459.